The monoisotopic (exact) mass is 276 g/mol. The van der Waals surface area contributed by atoms with Crippen molar-refractivity contribution in [3.8, 4) is 11.5 Å². The standard InChI is InChI=1S/C15H20N2O3/c1-11-10-16-4-5-17(11)15(18)9-12-2-3-13-14(8-12)20-7-6-19-13/h2-3,8,11,16H,4-7,9-10H2,1H3/t11-/m0/s1. The Balaban J connectivity index is 1.69. The first-order chi connectivity index (χ1) is 9.74. The molecule has 3 rings (SSSR count). The van der Waals surface area contributed by atoms with Crippen molar-refractivity contribution in [1.29, 1.82) is 0 Å². The van der Waals surface area contributed by atoms with Crippen molar-refractivity contribution in [3.63, 3.8) is 0 Å². The van der Waals surface area contributed by atoms with E-state index in [4.69, 9.17) is 9.47 Å². The first kappa shape index (κ1) is 13.2. The third-order valence-corrected chi connectivity index (χ3v) is 3.78. The van der Waals surface area contributed by atoms with Gasteiger partial charge in [-0.2, -0.15) is 0 Å². The third-order valence-electron chi connectivity index (χ3n) is 3.78. The highest BCUT2D eigenvalue weighted by Gasteiger charge is 2.23. The summed E-state index contributed by atoms with van der Waals surface area (Å²) in [6.45, 7) is 5.76. The number of carbonyl (C=O) groups is 1. The van der Waals surface area contributed by atoms with Crippen molar-refractivity contribution in [1.82, 2.24) is 10.2 Å². The molecule has 1 aromatic carbocycles. The zero-order chi connectivity index (χ0) is 13.9. The van der Waals surface area contributed by atoms with Crippen molar-refractivity contribution in [3.05, 3.63) is 23.8 Å². The molecule has 1 fully saturated rings. The maximum atomic E-state index is 12.4. The molecule has 108 valence electrons. The molecule has 2 aliphatic rings. The molecule has 1 atom stereocenters. The number of hydrogen-bond acceptors (Lipinski definition) is 4. The fourth-order valence-electron chi connectivity index (χ4n) is 2.69. The number of rotatable bonds is 2. The first-order valence-corrected chi connectivity index (χ1v) is 7.13. The van der Waals surface area contributed by atoms with Crippen molar-refractivity contribution >= 4 is 5.91 Å². The number of fused-ring (bicyclic) bond motifs is 1. The minimum Gasteiger partial charge on any atom is -0.486 e. The average Bonchev–Trinajstić information content (AvgIpc) is 2.47. The SMILES string of the molecule is C[C@H]1CNCCN1C(=O)Cc1ccc2c(c1)OCCO2. The van der Waals surface area contributed by atoms with Crippen LogP contribution in [0, 0.1) is 0 Å². The van der Waals surface area contributed by atoms with Gasteiger partial charge in [-0.05, 0) is 24.6 Å². The molecule has 0 saturated carbocycles. The highest BCUT2D eigenvalue weighted by molar-refractivity contribution is 5.79. The zero-order valence-electron chi connectivity index (χ0n) is 11.7. The third kappa shape index (κ3) is 2.72. The summed E-state index contributed by atoms with van der Waals surface area (Å²) in [4.78, 5) is 14.3. The van der Waals surface area contributed by atoms with E-state index in [9.17, 15) is 4.79 Å². The summed E-state index contributed by atoms with van der Waals surface area (Å²) in [7, 11) is 0. The fourth-order valence-corrected chi connectivity index (χ4v) is 2.69. The summed E-state index contributed by atoms with van der Waals surface area (Å²) in [5.41, 5.74) is 0.977. The van der Waals surface area contributed by atoms with E-state index in [2.05, 4.69) is 12.2 Å². The minimum absolute atomic E-state index is 0.177. The maximum Gasteiger partial charge on any atom is 0.227 e. The maximum absolute atomic E-state index is 12.4. The van der Waals surface area contributed by atoms with Gasteiger partial charge in [0.25, 0.3) is 0 Å². The van der Waals surface area contributed by atoms with Crippen LogP contribution in [-0.2, 0) is 11.2 Å². The van der Waals surface area contributed by atoms with E-state index in [0.717, 1.165) is 36.7 Å². The molecule has 0 radical (unpaired) electrons. The van der Waals surface area contributed by atoms with Gasteiger partial charge < -0.3 is 19.7 Å². The topological polar surface area (TPSA) is 50.8 Å². The van der Waals surface area contributed by atoms with E-state index in [0.29, 0.717) is 19.6 Å². The van der Waals surface area contributed by atoms with Crippen LogP contribution in [0.25, 0.3) is 0 Å². The van der Waals surface area contributed by atoms with E-state index in [1.54, 1.807) is 0 Å². The van der Waals surface area contributed by atoms with Crippen molar-refractivity contribution in [2.24, 2.45) is 0 Å². The summed E-state index contributed by atoms with van der Waals surface area (Å²) >= 11 is 0. The predicted molar refractivity (Wildman–Crippen MR) is 75.2 cm³/mol. The lowest BCUT2D eigenvalue weighted by Gasteiger charge is -2.34. The van der Waals surface area contributed by atoms with E-state index in [-0.39, 0.29) is 11.9 Å². The second-order valence-electron chi connectivity index (χ2n) is 5.30. The van der Waals surface area contributed by atoms with Crippen LogP contribution in [0.2, 0.25) is 0 Å². The van der Waals surface area contributed by atoms with Gasteiger partial charge in [0.05, 0.1) is 6.42 Å². The number of nitrogens with zero attached hydrogens (tertiary/aromatic N) is 1. The van der Waals surface area contributed by atoms with Gasteiger partial charge in [0.2, 0.25) is 5.91 Å². The normalized spacial score (nSPS) is 21.6. The Morgan fingerprint density at radius 1 is 1.35 bits per heavy atom. The largest absolute Gasteiger partial charge is 0.486 e. The first-order valence-electron chi connectivity index (χ1n) is 7.13. The summed E-state index contributed by atoms with van der Waals surface area (Å²) < 4.78 is 11.0. The molecular formula is C15H20N2O3. The molecule has 1 saturated heterocycles. The van der Waals surface area contributed by atoms with Gasteiger partial charge in [0, 0.05) is 25.7 Å². The number of carbonyl (C=O) groups excluding carboxylic acids is 1. The van der Waals surface area contributed by atoms with E-state index < -0.39 is 0 Å². The van der Waals surface area contributed by atoms with Crippen LogP contribution >= 0.6 is 0 Å². The van der Waals surface area contributed by atoms with Gasteiger partial charge in [-0.1, -0.05) is 6.07 Å². The van der Waals surface area contributed by atoms with Crippen LogP contribution in [0.4, 0.5) is 0 Å². The Bertz CT molecular complexity index is 504. The van der Waals surface area contributed by atoms with Crippen LogP contribution in [0.5, 0.6) is 11.5 Å². The van der Waals surface area contributed by atoms with Crippen molar-refractivity contribution in [2.75, 3.05) is 32.8 Å². The van der Waals surface area contributed by atoms with Crippen LogP contribution in [0.1, 0.15) is 12.5 Å². The molecule has 0 aromatic heterocycles. The van der Waals surface area contributed by atoms with Crippen LogP contribution in [0.3, 0.4) is 0 Å². The molecule has 0 aliphatic carbocycles. The van der Waals surface area contributed by atoms with E-state index in [1.165, 1.54) is 0 Å². The summed E-state index contributed by atoms with van der Waals surface area (Å²) in [6, 6.07) is 6.00. The number of nitrogens with one attached hydrogen (secondary N) is 1. The molecule has 0 bridgehead atoms. The molecule has 0 unspecified atom stereocenters. The number of piperazine rings is 1. The van der Waals surface area contributed by atoms with Gasteiger partial charge >= 0.3 is 0 Å². The highest BCUT2D eigenvalue weighted by atomic mass is 16.6. The molecule has 2 aliphatic heterocycles. The van der Waals surface area contributed by atoms with Gasteiger partial charge in [0.1, 0.15) is 13.2 Å². The molecule has 2 heterocycles. The Hall–Kier alpha value is -1.75. The van der Waals surface area contributed by atoms with E-state index in [1.807, 2.05) is 23.1 Å². The van der Waals surface area contributed by atoms with Crippen LogP contribution in [-0.4, -0.2) is 49.7 Å². The molecule has 5 nitrogen and oxygen atoms in total. The highest BCUT2D eigenvalue weighted by Crippen LogP contribution is 2.31. The number of hydrogen-bond donors (Lipinski definition) is 1. The van der Waals surface area contributed by atoms with Crippen molar-refractivity contribution < 1.29 is 14.3 Å². The minimum atomic E-state index is 0.177. The van der Waals surface area contributed by atoms with E-state index >= 15 is 0 Å². The van der Waals surface area contributed by atoms with Gasteiger partial charge in [0.15, 0.2) is 11.5 Å². The molecule has 0 spiro atoms. The van der Waals surface area contributed by atoms with Crippen LogP contribution in [0.15, 0.2) is 18.2 Å². The second-order valence-corrected chi connectivity index (χ2v) is 5.30. The molecule has 1 amide bonds. The van der Waals surface area contributed by atoms with Crippen LogP contribution < -0.4 is 14.8 Å². The lowest BCUT2D eigenvalue weighted by atomic mass is 10.1. The lowest BCUT2D eigenvalue weighted by Crippen LogP contribution is -2.52. The Morgan fingerprint density at radius 3 is 2.95 bits per heavy atom. The van der Waals surface area contributed by atoms with Crippen molar-refractivity contribution in [2.45, 2.75) is 19.4 Å². The summed E-state index contributed by atoms with van der Waals surface area (Å²) in [5, 5.41) is 3.29. The molecule has 1 aromatic rings. The predicted octanol–water partition coefficient (Wildman–Crippen LogP) is 0.821. The fraction of sp³-hybridized carbons (Fsp3) is 0.533. The summed E-state index contributed by atoms with van der Waals surface area (Å²) in [6.07, 6.45) is 0.418. The average molecular weight is 276 g/mol. The molecule has 5 heteroatoms. The Morgan fingerprint density at radius 2 is 2.15 bits per heavy atom. The lowest BCUT2D eigenvalue weighted by molar-refractivity contribution is -0.133. The van der Waals surface area contributed by atoms with Gasteiger partial charge in [-0.15, -0.1) is 0 Å². The zero-order valence-corrected chi connectivity index (χ0v) is 11.7. The molecule has 1 N–H and O–H groups in total. The number of benzene rings is 1. The molecular weight excluding hydrogens is 256 g/mol. The Kier molecular flexibility index (Phi) is 3.78. The smallest absolute Gasteiger partial charge is 0.227 e. The number of amides is 1. The number of ether oxygens (including phenoxy) is 2. The second kappa shape index (κ2) is 5.71. The van der Waals surface area contributed by atoms with Gasteiger partial charge in [-0.25, -0.2) is 0 Å². The Labute approximate surface area is 118 Å². The van der Waals surface area contributed by atoms with Gasteiger partial charge in [-0.3, -0.25) is 4.79 Å². The quantitative estimate of drug-likeness (QED) is 0.869. The molecule has 20 heavy (non-hydrogen) atoms. The summed E-state index contributed by atoms with van der Waals surface area (Å²) in [5.74, 6) is 1.69.